The van der Waals surface area contributed by atoms with Crippen LogP contribution < -0.4 is 5.32 Å². The molecule has 0 fully saturated rings. The van der Waals surface area contributed by atoms with Crippen LogP contribution in [0.2, 0.25) is 0 Å². The van der Waals surface area contributed by atoms with Crippen LogP contribution in [0.15, 0.2) is 41.3 Å². The molecule has 0 aromatic heterocycles. The second kappa shape index (κ2) is 9.35. The van der Waals surface area contributed by atoms with Crippen LogP contribution in [0, 0.1) is 17.5 Å². The van der Waals surface area contributed by atoms with Crippen LogP contribution in [-0.2, 0) is 14.8 Å². The van der Waals surface area contributed by atoms with Crippen LogP contribution in [0.25, 0.3) is 0 Å². The van der Waals surface area contributed by atoms with Crippen molar-refractivity contribution in [1.29, 1.82) is 0 Å². The molecule has 2 aromatic carbocycles. The van der Waals surface area contributed by atoms with Gasteiger partial charge < -0.3 is 15.2 Å². The van der Waals surface area contributed by atoms with Gasteiger partial charge in [0.2, 0.25) is 10.0 Å². The van der Waals surface area contributed by atoms with Crippen molar-refractivity contribution in [3.8, 4) is 0 Å². The first-order valence-electron chi connectivity index (χ1n) is 8.25. The summed E-state index contributed by atoms with van der Waals surface area (Å²) in [7, 11) is -1.42. The molecule has 0 aliphatic heterocycles. The minimum absolute atomic E-state index is 0.0624. The Labute approximate surface area is 165 Å². The number of aliphatic hydroxyl groups excluding tert-OH is 1. The monoisotopic (exact) mass is 432 g/mol. The van der Waals surface area contributed by atoms with E-state index in [1.54, 1.807) is 0 Å². The molecule has 0 saturated heterocycles. The molecule has 2 rings (SSSR count). The summed E-state index contributed by atoms with van der Waals surface area (Å²) in [6.45, 7) is -0.298. The van der Waals surface area contributed by atoms with Crippen molar-refractivity contribution in [3.05, 3.63) is 59.4 Å². The molecule has 2 aromatic rings. The Morgan fingerprint density at radius 2 is 1.83 bits per heavy atom. The molecule has 7 nitrogen and oxygen atoms in total. The molecule has 1 unspecified atom stereocenters. The zero-order chi connectivity index (χ0) is 21.8. The SMILES string of the molecule is COCC(O)CN(C)S(=O)(=O)c1cccc(C(=O)Nc2cc(F)c(F)c(F)c2)c1. The number of amides is 1. The molecule has 29 heavy (non-hydrogen) atoms. The Bertz CT molecular complexity index is 978. The highest BCUT2D eigenvalue weighted by atomic mass is 32.2. The van der Waals surface area contributed by atoms with E-state index in [0.29, 0.717) is 12.1 Å². The number of likely N-dealkylation sites (N-methyl/N-ethyl adjacent to an activating group) is 1. The number of halogens is 3. The molecule has 0 radical (unpaired) electrons. The first kappa shape index (κ1) is 22.8. The molecule has 0 bridgehead atoms. The maximum absolute atomic E-state index is 13.3. The Morgan fingerprint density at radius 3 is 2.41 bits per heavy atom. The number of anilines is 1. The number of aliphatic hydroxyl groups is 1. The van der Waals surface area contributed by atoms with Crippen molar-refractivity contribution in [3.63, 3.8) is 0 Å². The maximum Gasteiger partial charge on any atom is 0.255 e. The van der Waals surface area contributed by atoms with Crippen molar-refractivity contribution >= 4 is 21.6 Å². The number of hydrogen-bond donors (Lipinski definition) is 2. The van der Waals surface area contributed by atoms with Gasteiger partial charge in [-0.1, -0.05) is 6.07 Å². The summed E-state index contributed by atoms with van der Waals surface area (Å²) in [4.78, 5) is 12.1. The summed E-state index contributed by atoms with van der Waals surface area (Å²) in [6.07, 6.45) is -1.05. The third-order valence-electron chi connectivity index (χ3n) is 3.87. The number of rotatable bonds is 8. The van der Waals surface area contributed by atoms with Gasteiger partial charge in [-0.05, 0) is 18.2 Å². The van der Waals surface area contributed by atoms with E-state index in [2.05, 4.69) is 5.32 Å². The predicted molar refractivity (Wildman–Crippen MR) is 98.4 cm³/mol. The molecule has 1 atom stereocenters. The number of methoxy groups -OCH3 is 1. The number of hydrogen-bond acceptors (Lipinski definition) is 5. The summed E-state index contributed by atoms with van der Waals surface area (Å²) < 4.78 is 70.5. The van der Waals surface area contributed by atoms with Crippen LogP contribution in [0.5, 0.6) is 0 Å². The Morgan fingerprint density at radius 1 is 1.21 bits per heavy atom. The lowest BCUT2D eigenvalue weighted by atomic mass is 10.2. The third kappa shape index (κ3) is 5.54. The topological polar surface area (TPSA) is 95.9 Å². The molecule has 0 spiro atoms. The number of nitrogens with zero attached hydrogens (tertiary/aromatic N) is 1. The quantitative estimate of drug-likeness (QED) is 0.622. The lowest BCUT2D eigenvalue weighted by Crippen LogP contribution is -2.36. The van der Waals surface area contributed by atoms with Crippen molar-refractivity contribution in [1.82, 2.24) is 4.31 Å². The van der Waals surface area contributed by atoms with Gasteiger partial charge in [0.15, 0.2) is 17.5 Å². The molecule has 2 N–H and O–H groups in total. The first-order chi connectivity index (χ1) is 13.6. The molecular formula is C18H19F3N2O5S. The van der Waals surface area contributed by atoms with E-state index in [1.165, 1.54) is 32.4 Å². The van der Waals surface area contributed by atoms with Crippen molar-refractivity contribution in [2.45, 2.75) is 11.0 Å². The zero-order valence-corrected chi connectivity index (χ0v) is 16.3. The van der Waals surface area contributed by atoms with Crippen LogP contribution >= 0.6 is 0 Å². The highest BCUT2D eigenvalue weighted by Gasteiger charge is 2.24. The van der Waals surface area contributed by atoms with Gasteiger partial charge in [-0.3, -0.25) is 4.79 Å². The van der Waals surface area contributed by atoms with Crippen molar-refractivity contribution < 1.29 is 36.2 Å². The van der Waals surface area contributed by atoms with Gasteiger partial charge in [0, 0.05) is 44.1 Å². The lowest BCUT2D eigenvalue weighted by molar-refractivity contribution is 0.0554. The maximum atomic E-state index is 13.3. The van der Waals surface area contributed by atoms with Gasteiger partial charge in [0.05, 0.1) is 17.6 Å². The highest BCUT2D eigenvalue weighted by Crippen LogP contribution is 2.20. The minimum atomic E-state index is -4.03. The van der Waals surface area contributed by atoms with Crippen LogP contribution in [0.1, 0.15) is 10.4 Å². The fourth-order valence-corrected chi connectivity index (χ4v) is 3.70. The third-order valence-corrected chi connectivity index (χ3v) is 5.69. The van der Waals surface area contributed by atoms with E-state index in [1.807, 2.05) is 0 Å². The molecule has 0 aliphatic carbocycles. The summed E-state index contributed by atoms with van der Waals surface area (Å²) in [5.74, 6) is -5.48. The molecule has 0 aliphatic rings. The summed E-state index contributed by atoms with van der Waals surface area (Å²) >= 11 is 0. The van der Waals surface area contributed by atoms with Gasteiger partial charge in [-0.15, -0.1) is 0 Å². The van der Waals surface area contributed by atoms with Gasteiger partial charge in [-0.25, -0.2) is 21.6 Å². The molecule has 11 heteroatoms. The predicted octanol–water partition coefficient (Wildman–Crippen LogP) is 1.98. The van der Waals surface area contributed by atoms with Crippen molar-refractivity contribution in [2.75, 3.05) is 32.6 Å². The Hall–Kier alpha value is -2.47. The van der Waals surface area contributed by atoms with E-state index >= 15 is 0 Å². The van der Waals surface area contributed by atoms with E-state index < -0.39 is 39.5 Å². The average Bonchev–Trinajstić information content (AvgIpc) is 2.66. The normalized spacial score (nSPS) is 12.8. The lowest BCUT2D eigenvalue weighted by Gasteiger charge is -2.20. The molecule has 1 amide bonds. The molecule has 158 valence electrons. The fourth-order valence-electron chi connectivity index (χ4n) is 2.45. The van der Waals surface area contributed by atoms with Crippen molar-refractivity contribution in [2.24, 2.45) is 0 Å². The van der Waals surface area contributed by atoms with Gasteiger partial charge in [0.1, 0.15) is 0 Å². The molecule has 0 saturated carbocycles. The van der Waals surface area contributed by atoms with Crippen LogP contribution in [0.3, 0.4) is 0 Å². The largest absolute Gasteiger partial charge is 0.389 e. The van der Waals surface area contributed by atoms with E-state index in [9.17, 15) is 31.5 Å². The number of carbonyl (C=O) groups is 1. The smallest absolute Gasteiger partial charge is 0.255 e. The number of ether oxygens (including phenoxy) is 1. The summed E-state index contributed by atoms with van der Waals surface area (Å²) in [5.41, 5.74) is -0.443. The number of sulfonamides is 1. The number of carbonyl (C=O) groups excluding carboxylic acids is 1. The second-order valence-electron chi connectivity index (χ2n) is 6.13. The Kier molecular flexibility index (Phi) is 7.36. The van der Waals surface area contributed by atoms with Gasteiger partial charge in [0.25, 0.3) is 5.91 Å². The number of nitrogens with one attached hydrogen (secondary N) is 1. The summed E-state index contributed by atoms with van der Waals surface area (Å²) in [5, 5.41) is 11.9. The molecular weight excluding hydrogens is 413 g/mol. The van der Waals surface area contributed by atoms with Gasteiger partial charge >= 0.3 is 0 Å². The average molecular weight is 432 g/mol. The zero-order valence-electron chi connectivity index (χ0n) is 15.5. The van der Waals surface area contributed by atoms with E-state index in [4.69, 9.17) is 4.74 Å². The Balaban J connectivity index is 2.23. The van der Waals surface area contributed by atoms with Gasteiger partial charge in [-0.2, -0.15) is 4.31 Å². The highest BCUT2D eigenvalue weighted by molar-refractivity contribution is 7.89. The summed E-state index contributed by atoms with van der Waals surface area (Å²) in [6, 6.07) is 6.13. The fraction of sp³-hybridized carbons (Fsp3) is 0.278. The second-order valence-corrected chi connectivity index (χ2v) is 8.18. The molecule has 0 heterocycles. The minimum Gasteiger partial charge on any atom is -0.389 e. The standard InChI is InChI=1S/C18H19F3N2O5S/c1-23(9-13(24)10-28-2)29(26,27)14-5-3-4-11(6-14)18(25)22-12-7-15(19)17(21)16(20)8-12/h3-8,13,24H,9-10H2,1-2H3,(H,22,25). The van der Waals surface area contributed by atoms with E-state index in [-0.39, 0.29) is 29.3 Å². The van der Waals surface area contributed by atoms with Crippen LogP contribution in [-0.4, -0.2) is 57.1 Å². The number of benzene rings is 2. The van der Waals surface area contributed by atoms with E-state index in [0.717, 1.165) is 10.4 Å². The van der Waals surface area contributed by atoms with Crippen LogP contribution in [0.4, 0.5) is 18.9 Å². The first-order valence-corrected chi connectivity index (χ1v) is 9.69.